The topological polar surface area (TPSA) is 49.8 Å². The number of aliphatic carboxylic acids is 1. The highest BCUT2D eigenvalue weighted by Gasteiger charge is 2.21. The number of carboxylic acids is 1. The van der Waals surface area contributed by atoms with E-state index in [0.717, 1.165) is 25.9 Å². The van der Waals surface area contributed by atoms with Gasteiger partial charge in [0.2, 0.25) is 0 Å². The SMILES string of the molecule is O=C(O)CN1CCC(COc2cc(Cl)cc(Cl)c2)CC1. The number of carbonyl (C=O) groups is 1. The molecule has 0 amide bonds. The minimum atomic E-state index is -0.770. The molecule has 1 aromatic carbocycles. The number of hydrogen-bond acceptors (Lipinski definition) is 3. The van der Waals surface area contributed by atoms with Gasteiger partial charge in [-0.25, -0.2) is 0 Å². The van der Waals surface area contributed by atoms with E-state index in [4.69, 9.17) is 33.0 Å². The zero-order valence-corrected chi connectivity index (χ0v) is 12.5. The van der Waals surface area contributed by atoms with Gasteiger partial charge in [0, 0.05) is 10.0 Å². The predicted octanol–water partition coefficient (Wildman–Crippen LogP) is 3.17. The van der Waals surface area contributed by atoms with Crippen molar-refractivity contribution >= 4 is 29.2 Å². The van der Waals surface area contributed by atoms with Gasteiger partial charge in [-0.1, -0.05) is 23.2 Å². The van der Waals surface area contributed by atoms with Crippen LogP contribution < -0.4 is 4.74 Å². The zero-order chi connectivity index (χ0) is 14.5. The van der Waals surface area contributed by atoms with Crippen LogP contribution in [0.5, 0.6) is 5.75 Å². The Labute approximate surface area is 128 Å². The Hall–Kier alpha value is -0.970. The van der Waals surface area contributed by atoms with Gasteiger partial charge in [0.1, 0.15) is 5.75 Å². The summed E-state index contributed by atoms with van der Waals surface area (Å²) in [5, 5.41) is 9.86. The molecule has 0 saturated carbocycles. The molecular formula is C14H17Cl2NO3. The lowest BCUT2D eigenvalue weighted by molar-refractivity contribution is -0.138. The van der Waals surface area contributed by atoms with Crippen LogP contribution in [0.2, 0.25) is 10.0 Å². The molecular weight excluding hydrogens is 301 g/mol. The highest BCUT2D eigenvalue weighted by molar-refractivity contribution is 6.34. The fourth-order valence-corrected chi connectivity index (χ4v) is 2.83. The number of hydrogen-bond donors (Lipinski definition) is 1. The van der Waals surface area contributed by atoms with Crippen LogP contribution in [0.15, 0.2) is 18.2 Å². The number of rotatable bonds is 5. The average molecular weight is 318 g/mol. The maximum absolute atomic E-state index is 10.6. The largest absolute Gasteiger partial charge is 0.493 e. The first-order chi connectivity index (χ1) is 9.52. The molecule has 0 radical (unpaired) electrons. The summed E-state index contributed by atoms with van der Waals surface area (Å²) < 4.78 is 5.72. The number of carboxylic acid groups (broad SMARTS) is 1. The molecule has 4 nitrogen and oxygen atoms in total. The Morgan fingerprint density at radius 3 is 2.40 bits per heavy atom. The Kier molecular flexibility index (Phi) is 5.52. The summed E-state index contributed by atoms with van der Waals surface area (Å²) in [6.07, 6.45) is 1.89. The zero-order valence-electron chi connectivity index (χ0n) is 11.0. The van der Waals surface area contributed by atoms with Crippen molar-refractivity contribution in [1.29, 1.82) is 0 Å². The molecule has 0 bridgehead atoms. The van der Waals surface area contributed by atoms with E-state index in [1.54, 1.807) is 18.2 Å². The summed E-state index contributed by atoms with van der Waals surface area (Å²) in [5.74, 6) is 0.349. The monoisotopic (exact) mass is 317 g/mol. The van der Waals surface area contributed by atoms with Crippen molar-refractivity contribution in [1.82, 2.24) is 4.90 Å². The van der Waals surface area contributed by atoms with E-state index in [-0.39, 0.29) is 6.54 Å². The van der Waals surface area contributed by atoms with E-state index in [0.29, 0.717) is 28.3 Å². The fourth-order valence-electron chi connectivity index (χ4n) is 2.33. The van der Waals surface area contributed by atoms with Gasteiger partial charge in [0.15, 0.2) is 0 Å². The number of nitrogens with zero attached hydrogens (tertiary/aromatic N) is 1. The van der Waals surface area contributed by atoms with Crippen molar-refractivity contribution in [3.8, 4) is 5.75 Å². The number of ether oxygens (including phenoxy) is 1. The summed E-state index contributed by atoms with van der Waals surface area (Å²) >= 11 is 11.8. The third-order valence-corrected chi connectivity index (χ3v) is 3.82. The van der Waals surface area contributed by atoms with Gasteiger partial charge in [0.25, 0.3) is 0 Å². The molecule has 0 atom stereocenters. The van der Waals surface area contributed by atoms with E-state index >= 15 is 0 Å². The second-order valence-electron chi connectivity index (χ2n) is 5.03. The maximum atomic E-state index is 10.6. The Bertz CT molecular complexity index is 453. The first-order valence-electron chi connectivity index (χ1n) is 6.56. The second-order valence-corrected chi connectivity index (χ2v) is 5.90. The van der Waals surface area contributed by atoms with Gasteiger partial charge >= 0.3 is 5.97 Å². The van der Waals surface area contributed by atoms with Gasteiger partial charge in [-0.3, -0.25) is 9.69 Å². The molecule has 0 unspecified atom stereocenters. The highest BCUT2D eigenvalue weighted by atomic mass is 35.5. The Balaban J connectivity index is 1.77. The number of halogens is 2. The van der Waals surface area contributed by atoms with Gasteiger partial charge in [-0.05, 0) is 50.0 Å². The molecule has 0 aromatic heterocycles. The van der Waals surface area contributed by atoms with E-state index < -0.39 is 5.97 Å². The van der Waals surface area contributed by atoms with Gasteiger partial charge in [-0.2, -0.15) is 0 Å². The van der Waals surface area contributed by atoms with E-state index in [1.165, 1.54) is 0 Å². The summed E-state index contributed by atoms with van der Waals surface area (Å²) in [4.78, 5) is 12.6. The van der Waals surface area contributed by atoms with Crippen molar-refractivity contribution in [3.05, 3.63) is 28.2 Å². The molecule has 2 rings (SSSR count). The minimum Gasteiger partial charge on any atom is -0.493 e. The van der Waals surface area contributed by atoms with Crippen LogP contribution in [0.4, 0.5) is 0 Å². The lowest BCUT2D eigenvalue weighted by atomic mass is 9.98. The van der Waals surface area contributed by atoms with Crippen LogP contribution in [0.1, 0.15) is 12.8 Å². The predicted molar refractivity (Wildman–Crippen MR) is 78.8 cm³/mol. The van der Waals surface area contributed by atoms with Crippen LogP contribution in [0.3, 0.4) is 0 Å². The quantitative estimate of drug-likeness (QED) is 0.906. The molecule has 1 saturated heterocycles. The van der Waals surface area contributed by atoms with Crippen LogP contribution in [0, 0.1) is 5.92 Å². The summed E-state index contributed by atoms with van der Waals surface area (Å²) in [5.41, 5.74) is 0. The normalized spacial score (nSPS) is 17.1. The van der Waals surface area contributed by atoms with E-state index in [1.807, 2.05) is 4.90 Å². The summed E-state index contributed by atoms with van der Waals surface area (Å²) in [7, 11) is 0. The summed E-state index contributed by atoms with van der Waals surface area (Å²) in [6, 6.07) is 5.15. The van der Waals surface area contributed by atoms with E-state index in [9.17, 15) is 4.79 Å². The van der Waals surface area contributed by atoms with Gasteiger partial charge in [-0.15, -0.1) is 0 Å². The molecule has 1 aromatic rings. The maximum Gasteiger partial charge on any atom is 0.317 e. The molecule has 110 valence electrons. The molecule has 20 heavy (non-hydrogen) atoms. The lowest BCUT2D eigenvalue weighted by Crippen LogP contribution is -2.38. The molecule has 1 fully saturated rings. The third-order valence-electron chi connectivity index (χ3n) is 3.39. The molecule has 0 aliphatic carbocycles. The molecule has 1 aliphatic rings. The first-order valence-corrected chi connectivity index (χ1v) is 7.31. The Morgan fingerprint density at radius 1 is 1.25 bits per heavy atom. The average Bonchev–Trinajstić information content (AvgIpc) is 2.36. The third kappa shape index (κ3) is 4.85. The van der Waals surface area contributed by atoms with Crippen LogP contribution in [-0.2, 0) is 4.79 Å². The smallest absolute Gasteiger partial charge is 0.317 e. The summed E-state index contributed by atoms with van der Waals surface area (Å²) in [6.45, 7) is 2.34. The molecule has 1 aliphatic heterocycles. The van der Waals surface area contributed by atoms with Gasteiger partial charge in [0.05, 0.1) is 13.2 Å². The van der Waals surface area contributed by atoms with Crippen LogP contribution in [-0.4, -0.2) is 42.2 Å². The number of benzene rings is 1. The number of likely N-dealkylation sites (tertiary alicyclic amines) is 1. The van der Waals surface area contributed by atoms with Crippen LogP contribution >= 0.6 is 23.2 Å². The van der Waals surface area contributed by atoms with Crippen molar-refractivity contribution in [2.24, 2.45) is 5.92 Å². The number of piperidine rings is 1. The van der Waals surface area contributed by atoms with Crippen molar-refractivity contribution < 1.29 is 14.6 Å². The highest BCUT2D eigenvalue weighted by Crippen LogP contribution is 2.25. The van der Waals surface area contributed by atoms with Crippen LogP contribution in [0.25, 0.3) is 0 Å². The molecule has 1 heterocycles. The standard InChI is InChI=1S/C14H17Cl2NO3/c15-11-5-12(16)7-13(6-11)20-9-10-1-3-17(4-2-10)8-14(18)19/h5-7,10H,1-4,8-9H2,(H,18,19). The molecule has 6 heteroatoms. The molecule has 0 spiro atoms. The lowest BCUT2D eigenvalue weighted by Gasteiger charge is -2.30. The Morgan fingerprint density at radius 2 is 1.85 bits per heavy atom. The fraction of sp³-hybridized carbons (Fsp3) is 0.500. The van der Waals surface area contributed by atoms with Crippen molar-refractivity contribution in [3.63, 3.8) is 0 Å². The van der Waals surface area contributed by atoms with E-state index in [2.05, 4.69) is 0 Å². The first kappa shape index (κ1) is 15.4. The van der Waals surface area contributed by atoms with Crippen molar-refractivity contribution in [2.45, 2.75) is 12.8 Å². The van der Waals surface area contributed by atoms with Crippen molar-refractivity contribution in [2.75, 3.05) is 26.2 Å². The minimum absolute atomic E-state index is 0.122. The second kappa shape index (κ2) is 7.16. The van der Waals surface area contributed by atoms with Gasteiger partial charge < -0.3 is 9.84 Å². The molecule has 1 N–H and O–H groups in total.